The normalized spacial score (nSPS) is 10.5. The molecule has 9 heteroatoms. The van der Waals surface area contributed by atoms with E-state index < -0.39 is 23.9 Å². The molecule has 1 amide bonds. The molecular weight excluding hydrogens is 358 g/mol. The standard InChI is InChI=1S/C13H12BrN3O5/c1-21-12(19)10(13(20)22-2)16-11(18)7-3-4-9-15-5-8(14)17(9)6-7/h3-6,10H,1-2H3,(H,16,18). The van der Waals surface area contributed by atoms with Gasteiger partial charge in [0.2, 0.25) is 6.04 Å². The zero-order valence-corrected chi connectivity index (χ0v) is 13.3. The fraction of sp³-hybridized carbons (Fsp3) is 0.231. The fourth-order valence-corrected chi connectivity index (χ4v) is 2.14. The average molecular weight is 370 g/mol. The van der Waals surface area contributed by atoms with Gasteiger partial charge in [0, 0.05) is 6.20 Å². The smallest absolute Gasteiger partial charge is 0.340 e. The van der Waals surface area contributed by atoms with E-state index in [-0.39, 0.29) is 5.56 Å². The lowest BCUT2D eigenvalue weighted by Gasteiger charge is -2.14. The SMILES string of the molecule is COC(=O)C(NC(=O)c1ccc2ncc(Br)n2c1)C(=O)OC. The number of nitrogens with one attached hydrogen (secondary N) is 1. The van der Waals surface area contributed by atoms with E-state index in [0.717, 1.165) is 14.2 Å². The molecule has 2 aromatic rings. The summed E-state index contributed by atoms with van der Waals surface area (Å²) in [5, 5.41) is 2.27. The second-order valence-electron chi connectivity index (χ2n) is 4.18. The number of nitrogens with zero attached hydrogens (tertiary/aromatic N) is 2. The lowest BCUT2D eigenvalue weighted by Crippen LogP contribution is -2.47. The van der Waals surface area contributed by atoms with Crippen LogP contribution in [0.15, 0.2) is 29.1 Å². The Kier molecular flexibility index (Phi) is 4.76. The van der Waals surface area contributed by atoms with Crippen LogP contribution >= 0.6 is 15.9 Å². The van der Waals surface area contributed by atoms with Gasteiger partial charge in [0.05, 0.1) is 26.0 Å². The molecule has 0 aliphatic heterocycles. The van der Waals surface area contributed by atoms with Crippen molar-refractivity contribution in [1.82, 2.24) is 14.7 Å². The predicted molar refractivity (Wildman–Crippen MR) is 78.2 cm³/mol. The summed E-state index contributed by atoms with van der Waals surface area (Å²) in [6, 6.07) is 1.63. The molecule has 0 radical (unpaired) electrons. The molecule has 22 heavy (non-hydrogen) atoms. The van der Waals surface area contributed by atoms with Gasteiger partial charge in [-0.25, -0.2) is 14.6 Å². The van der Waals surface area contributed by atoms with Crippen LogP contribution in [0.25, 0.3) is 5.65 Å². The summed E-state index contributed by atoms with van der Waals surface area (Å²) in [5.74, 6) is -2.45. The molecular formula is C13H12BrN3O5. The van der Waals surface area contributed by atoms with E-state index in [1.54, 1.807) is 16.7 Å². The van der Waals surface area contributed by atoms with Gasteiger partial charge in [-0.3, -0.25) is 9.20 Å². The Morgan fingerprint density at radius 2 is 1.86 bits per heavy atom. The number of halogens is 1. The first-order valence-corrected chi connectivity index (χ1v) is 6.86. The van der Waals surface area contributed by atoms with Gasteiger partial charge >= 0.3 is 11.9 Å². The summed E-state index contributed by atoms with van der Waals surface area (Å²) in [5.41, 5.74) is 0.880. The average Bonchev–Trinajstić information content (AvgIpc) is 2.91. The van der Waals surface area contributed by atoms with Crippen molar-refractivity contribution in [2.24, 2.45) is 0 Å². The molecule has 0 spiro atoms. The number of fused-ring (bicyclic) bond motifs is 1. The Morgan fingerprint density at radius 3 is 2.45 bits per heavy atom. The summed E-state index contributed by atoms with van der Waals surface area (Å²) in [6.07, 6.45) is 3.11. The fourth-order valence-electron chi connectivity index (χ4n) is 1.75. The minimum atomic E-state index is -1.52. The monoisotopic (exact) mass is 369 g/mol. The Bertz CT molecular complexity index is 726. The van der Waals surface area contributed by atoms with Crippen molar-refractivity contribution >= 4 is 39.4 Å². The molecule has 2 heterocycles. The number of amides is 1. The number of ether oxygens (including phenoxy) is 2. The first-order chi connectivity index (χ1) is 10.5. The van der Waals surface area contributed by atoms with Crippen LogP contribution in [0.1, 0.15) is 10.4 Å². The molecule has 0 aliphatic carbocycles. The molecule has 0 bridgehead atoms. The zero-order valence-electron chi connectivity index (χ0n) is 11.7. The number of esters is 2. The van der Waals surface area contributed by atoms with Crippen LogP contribution in [0.3, 0.4) is 0 Å². The van der Waals surface area contributed by atoms with Gasteiger partial charge in [0.15, 0.2) is 0 Å². The largest absolute Gasteiger partial charge is 0.467 e. The summed E-state index contributed by atoms with van der Waals surface area (Å²) in [7, 11) is 2.22. The second-order valence-corrected chi connectivity index (χ2v) is 4.99. The number of hydrogen-bond acceptors (Lipinski definition) is 6. The maximum atomic E-state index is 12.2. The minimum Gasteiger partial charge on any atom is -0.467 e. The van der Waals surface area contributed by atoms with Crippen molar-refractivity contribution in [1.29, 1.82) is 0 Å². The third-order valence-electron chi connectivity index (χ3n) is 2.87. The second kappa shape index (κ2) is 6.56. The first kappa shape index (κ1) is 16.0. The highest BCUT2D eigenvalue weighted by atomic mass is 79.9. The number of methoxy groups -OCH3 is 2. The molecule has 2 rings (SSSR count). The highest BCUT2D eigenvalue weighted by molar-refractivity contribution is 9.10. The number of rotatable bonds is 4. The van der Waals surface area contributed by atoms with Crippen molar-refractivity contribution in [3.8, 4) is 0 Å². The van der Waals surface area contributed by atoms with Crippen LogP contribution in [0.5, 0.6) is 0 Å². The molecule has 1 N–H and O–H groups in total. The van der Waals surface area contributed by atoms with Crippen molar-refractivity contribution in [2.45, 2.75) is 6.04 Å². The van der Waals surface area contributed by atoms with E-state index in [1.165, 1.54) is 12.3 Å². The van der Waals surface area contributed by atoms with E-state index in [2.05, 4.69) is 35.7 Å². The molecule has 8 nitrogen and oxygen atoms in total. The number of carbonyl (C=O) groups excluding carboxylic acids is 3. The molecule has 0 aromatic carbocycles. The topological polar surface area (TPSA) is 99.0 Å². The van der Waals surface area contributed by atoms with Crippen LogP contribution in [0, 0.1) is 0 Å². The molecule has 2 aromatic heterocycles. The Balaban J connectivity index is 2.26. The third-order valence-corrected chi connectivity index (χ3v) is 3.46. The molecule has 0 saturated carbocycles. The number of hydrogen-bond donors (Lipinski definition) is 1. The van der Waals surface area contributed by atoms with Crippen LogP contribution < -0.4 is 5.32 Å². The third kappa shape index (κ3) is 3.08. The highest BCUT2D eigenvalue weighted by Gasteiger charge is 2.30. The molecule has 0 unspecified atom stereocenters. The van der Waals surface area contributed by atoms with Gasteiger partial charge in [0.25, 0.3) is 5.91 Å². The van der Waals surface area contributed by atoms with Crippen LogP contribution in [-0.4, -0.2) is 47.5 Å². The molecule has 0 fully saturated rings. The lowest BCUT2D eigenvalue weighted by atomic mass is 10.2. The first-order valence-electron chi connectivity index (χ1n) is 6.07. The highest BCUT2D eigenvalue weighted by Crippen LogP contribution is 2.14. The number of imidazole rings is 1. The molecule has 0 saturated heterocycles. The number of aromatic nitrogens is 2. The van der Waals surface area contributed by atoms with Gasteiger partial charge in [-0.05, 0) is 28.1 Å². The van der Waals surface area contributed by atoms with Crippen molar-refractivity contribution in [2.75, 3.05) is 14.2 Å². The number of carbonyl (C=O) groups is 3. The van der Waals surface area contributed by atoms with Crippen LogP contribution in [0.2, 0.25) is 0 Å². The van der Waals surface area contributed by atoms with E-state index in [0.29, 0.717) is 10.3 Å². The minimum absolute atomic E-state index is 0.240. The van der Waals surface area contributed by atoms with E-state index >= 15 is 0 Å². The summed E-state index contributed by atoms with van der Waals surface area (Å²) in [4.78, 5) is 39.4. The Hall–Kier alpha value is -2.42. The Morgan fingerprint density at radius 1 is 1.23 bits per heavy atom. The van der Waals surface area contributed by atoms with Gasteiger partial charge in [-0.15, -0.1) is 0 Å². The lowest BCUT2D eigenvalue weighted by molar-refractivity contribution is -0.154. The van der Waals surface area contributed by atoms with E-state index in [9.17, 15) is 14.4 Å². The van der Waals surface area contributed by atoms with E-state index in [1.807, 2.05) is 0 Å². The van der Waals surface area contributed by atoms with Gasteiger partial charge in [-0.2, -0.15) is 0 Å². The van der Waals surface area contributed by atoms with Crippen molar-refractivity contribution in [3.05, 3.63) is 34.7 Å². The van der Waals surface area contributed by atoms with E-state index in [4.69, 9.17) is 0 Å². The maximum Gasteiger partial charge on any atom is 0.340 e. The van der Waals surface area contributed by atoms with Crippen LogP contribution in [0.4, 0.5) is 0 Å². The Labute approximate surface area is 133 Å². The quantitative estimate of drug-likeness (QED) is 0.623. The van der Waals surface area contributed by atoms with Crippen LogP contribution in [-0.2, 0) is 19.1 Å². The molecule has 0 atom stereocenters. The van der Waals surface area contributed by atoms with Gasteiger partial charge in [-0.1, -0.05) is 0 Å². The predicted octanol–water partition coefficient (Wildman–Crippen LogP) is 0.541. The van der Waals surface area contributed by atoms with Gasteiger partial charge in [0.1, 0.15) is 10.3 Å². The molecule has 116 valence electrons. The van der Waals surface area contributed by atoms with Crippen molar-refractivity contribution < 1.29 is 23.9 Å². The molecule has 0 aliphatic rings. The summed E-state index contributed by atoms with van der Waals surface area (Å²) >= 11 is 3.29. The zero-order chi connectivity index (χ0) is 16.3. The van der Waals surface area contributed by atoms with Crippen molar-refractivity contribution in [3.63, 3.8) is 0 Å². The number of pyridine rings is 1. The summed E-state index contributed by atoms with van der Waals surface area (Å²) in [6.45, 7) is 0. The maximum absolute atomic E-state index is 12.2. The summed E-state index contributed by atoms with van der Waals surface area (Å²) < 4.78 is 11.2. The van der Waals surface area contributed by atoms with Gasteiger partial charge < -0.3 is 14.8 Å².